The van der Waals surface area contributed by atoms with E-state index in [2.05, 4.69) is 16.2 Å². The first-order chi connectivity index (χ1) is 12.1. The SMILES string of the molecule is Cc1ccc(OCCNC(=O)C2CNNC2c2ccc(F)cc2)cc1. The van der Waals surface area contributed by atoms with Crippen LogP contribution in [-0.4, -0.2) is 25.6 Å². The van der Waals surface area contributed by atoms with Crippen molar-refractivity contribution in [2.45, 2.75) is 13.0 Å². The Morgan fingerprint density at radius 3 is 2.64 bits per heavy atom. The monoisotopic (exact) mass is 343 g/mol. The van der Waals surface area contributed by atoms with Crippen LogP contribution in [0.2, 0.25) is 0 Å². The Hall–Kier alpha value is -2.44. The first-order valence-corrected chi connectivity index (χ1v) is 8.34. The van der Waals surface area contributed by atoms with Gasteiger partial charge in [0, 0.05) is 6.54 Å². The number of aryl methyl sites for hydroxylation is 1. The third kappa shape index (κ3) is 4.55. The molecule has 132 valence electrons. The molecule has 0 bridgehead atoms. The van der Waals surface area contributed by atoms with Gasteiger partial charge in [-0.25, -0.2) is 9.82 Å². The van der Waals surface area contributed by atoms with Crippen molar-refractivity contribution in [2.75, 3.05) is 19.7 Å². The predicted molar refractivity (Wildman–Crippen MR) is 93.5 cm³/mol. The molecular weight excluding hydrogens is 321 g/mol. The molecule has 25 heavy (non-hydrogen) atoms. The fourth-order valence-electron chi connectivity index (χ4n) is 2.84. The van der Waals surface area contributed by atoms with Crippen molar-refractivity contribution in [1.82, 2.24) is 16.2 Å². The van der Waals surface area contributed by atoms with Crippen molar-refractivity contribution in [3.63, 3.8) is 0 Å². The largest absolute Gasteiger partial charge is 0.492 e. The molecular formula is C19H22FN3O2. The number of benzene rings is 2. The molecule has 2 aromatic carbocycles. The van der Waals surface area contributed by atoms with E-state index in [4.69, 9.17) is 4.74 Å². The van der Waals surface area contributed by atoms with Crippen LogP contribution in [0.3, 0.4) is 0 Å². The van der Waals surface area contributed by atoms with Gasteiger partial charge in [0.1, 0.15) is 18.2 Å². The number of nitrogens with one attached hydrogen (secondary N) is 3. The number of hydrogen-bond acceptors (Lipinski definition) is 4. The van der Waals surface area contributed by atoms with Crippen LogP contribution in [0.1, 0.15) is 17.2 Å². The highest BCUT2D eigenvalue weighted by molar-refractivity contribution is 5.80. The van der Waals surface area contributed by atoms with Crippen molar-refractivity contribution in [1.29, 1.82) is 0 Å². The van der Waals surface area contributed by atoms with Crippen LogP contribution >= 0.6 is 0 Å². The van der Waals surface area contributed by atoms with Crippen LogP contribution < -0.4 is 20.9 Å². The van der Waals surface area contributed by atoms with E-state index in [9.17, 15) is 9.18 Å². The number of carbonyl (C=O) groups is 1. The molecule has 1 fully saturated rings. The van der Waals surface area contributed by atoms with Crippen LogP contribution in [0.4, 0.5) is 4.39 Å². The summed E-state index contributed by atoms with van der Waals surface area (Å²) in [5.41, 5.74) is 8.13. The Bertz CT molecular complexity index is 704. The fourth-order valence-corrected chi connectivity index (χ4v) is 2.84. The van der Waals surface area contributed by atoms with E-state index in [0.29, 0.717) is 19.7 Å². The van der Waals surface area contributed by atoms with E-state index in [0.717, 1.165) is 11.3 Å². The molecule has 0 saturated carbocycles. The maximum absolute atomic E-state index is 13.1. The quantitative estimate of drug-likeness (QED) is 0.703. The molecule has 0 aromatic heterocycles. The summed E-state index contributed by atoms with van der Waals surface area (Å²) in [4.78, 5) is 12.4. The van der Waals surface area contributed by atoms with Gasteiger partial charge in [0.2, 0.25) is 5.91 Å². The Morgan fingerprint density at radius 1 is 1.20 bits per heavy atom. The van der Waals surface area contributed by atoms with Crippen LogP contribution in [0, 0.1) is 18.7 Å². The highest BCUT2D eigenvalue weighted by atomic mass is 19.1. The maximum Gasteiger partial charge on any atom is 0.226 e. The van der Waals surface area contributed by atoms with Gasteiger partial charge in [-0.3, -0.25) is 10.2 Å². The molecule has 0 aliphatic carbocycles. The van der Waals surface area contributed by atoms with E-state index >= 15 is 0 Å². The smallest absolute Gasteiger partial charge is 0.226 e. The third-order valence-corrected chi connectivity index (χ3v) is 4.24. The second kappa shape index (κ2) is 8.09. The number of rotatable bonds is 6. The van der Waals surface area contributed by atoms with Crippen LogP contribution in [0.15, 0.2) is 48.5 Å². The summed E-state index contributed by atoms with van der Waals surface area (Å²) < 4.78 is 18.7. The zero-order valence-corrected chi connectivity index (χ0v) is 14.1. The minimum absolute atomic E-state index is 0.0562. The van der Waals surface area contributed by atoms with Crippen molar-refractivity contribution in [3.8, 4) is 5.75 Å². The van der Waals surface area contributed by atoms with Gasteiger partial charge < -0.3 is 10.1 Å². The highest BCUT2D eigenvalue weighted by Gasteiger charge is 2.33. The average molecular weight is 343 g/mol. The second-order valence-electron chi connectivity index (χ2n) is 6.11. The normalized spacial score (nSPS) is 19.6. The average Bonchev–Trinajstić information content (AvgIpc) is 3.10. The summed E-state index contributed by atoms with van der Waals surface area (Å²) in [5, 5.41) is 2.90. The second-order valence-corrected chi connectivity index (χ2v) is 6.11. The van der Waals surface area contributed by atoms with Crippen molar-refractivity contribution < 1.29 is 13.9 Å². The number of ether oxygens (including phenoxy) is 1. The molecule has 1 amide bonds. The van der Waals surface area contributed by atoms with E-state index < -0.39 is 0 Å². The van der Waals surface area contributed by atoms with Crippen molar-refractivity contribution >= 4 is 5.91 Å². The molecule has 1 saturated heterocycles. The molecule has 3 N–H and O–H groups in total. The van der Waals surface area contributed by atoms with Crippen LogP contribution in [0.5, 0.6) is 5.75 Å². The van der Waals surface area contributed by atoms with E-state index in [-0.39, 0.29) is 23.7 Å². The topological polar surface area (TPSA) is 62.4 Å². The van der Waals surface area contributed by atoms with Gasteiger partial charge in [-0.05, 0) is 36.8 Å². The van der Waals surface area contributed by atoms with Crippen LogP contribution in [0.25, 0.3) is 0 Å². The Labute approximate surface area is 146 Å². The summed E-state index contributed by atoms with van der Waals surface area (Å²) in [6.07, 6.45) is 0. The van der Waals surface area contributed by atoms with Gasteiger partial charge in [0.15, 0.2) is 0 Å². The molecule has 2 atom stereocenters. The van der Waals surface area contributed by atoms with Gasteiger partial charge in [-0.15, -0.1) is 0 Å². The van der Waals surface area contributed by atoms with Gasteiger partial charge in [0.05, 0.1) is 18.5 Å². The van der Waals surface area contributed by atoms with Gasteiger partial charge in [-0.1, -0.05) is 29.8 Å². The van der Waals surface area contributed by atoms with Gasteiger partial charge >= 0.3 is 0 Å². The molecule has 1 aliphatic rings. The minimum Gasteiger partial charge on any atom is -0.492 e. The lowest BCUT2D eigenvalue weighted by atomic mass is 9.94. The summed E-state index contributed by atoms with van der Waals surface area (Å²) in [7, 11) is 0. The van der Waals surface area contributed by atoms with Crippen LogP contribution in [-0.2, 0) is 4.79 Å². The lowest BCUT2D eigenvalue weighted by Crippen LogP contribution is -2.37. The fraction of sp³-hybridized carbons (Fsp3) is 0.316. The number of amides is 1. The summed E-state index contributed by atoms with van der Waals surface area (Å²) in [6.45, 7) is 3.38. The Balaban J connectivity index is 1.48. The summed E-state index contributed by atoms with van der Waals surface area (Å²) >= 11 is 0. The van der Waals surface area contributed by atoms with Gasteiger partial charge in [0.25, 0.3) is 0 Å². The standard InChI is InChI=1S/C19H22FN3O2/c1-13-2-8-16(9-3-13)25-11-10-21-19(24)17-12-22-23-18(17)14-4-6-15(20)7-5-14/h2-9,17-18,22-23H,10-12H2,1H3,(H,21,24). The van der Waals surface area contributed by atoms with E-state index in [1.165, 1.54) is 17.7 Å². The zero-order valence-electron chi connectivity index (χ0n) is 14.1. The summed E-state index contributed by atoms with van der Waals surface area (Å²) in [6, 6.07) is 13.8. The number of carbonyl (C=O) groups excluding carboxylic acids is 1. The Morgan fingerprint density at radius 2 is 1.92 bits per heavy atom. The molecule has 0 spiro atoms. The number of halogens is 1. The minimum atomic E-state index is -0.288. The van der Waals surface area contributed by atoms with E-state index in [1.54, 1.807) is 12.1 Å². The highest BCUT2D eigenvalue weighted by Crippen LogP contribution is 2.25. The van der Waals surface area contributed by atoms with Crippen molar-refractivity contribution in [3.05, 3.63) is 65.5 Å². The molecule has 2 aromatic rings. The molecule has 3 rings (SSSR count). The zero-order chi connectivity index (χ0) is 17.6. The molecule has 6 heteroatoms. The number of hydrazine groups is 1. The molecule has 0 radical (unpaired) electrons. The molecule has 1 aliphatic heterocycles. The van der Waals surface area contributed by atoms with E-state index in [1.807, 2.05) is 31.2 Å². The lowest BCUT2D eigenvalue weighted by Gasteiger charge is -2.18. The molecule has 2 unspecified atom stereocenters. The Kier molecular flexibility index (Phi) is 5.63. The molecule has 1 heterocycles. The maximum atomic E-state index is 13.1. The summed E-state index contributed by atoms with van der Waals surface area (Å²) in [5.74, 6) is 0.182. The number of hydrogen-bond donors (Lipinski definition) is 3. The lowest BCUT2D eigenvalue weighted by molar-refractivity contribution is -0.125. The first-order valence-electron chi connectivity index (χ1n) is 8.34. The molecule has 5 nitrogen and oxygen atoms in total. The third-order valence-electron chi connectivity index (χ3n) is 4.24. The van der Waals surface area contributed by atoms with Crippen molar-refractivity contribution in [2.24, 2.45) is 5.92 Å². The first kappa shape index (κ1) is 17.4. The van der Waals surface area contributed by atoms with Gasteiger partial charge in [-0.2, -0.15) is 0 Å². The predicted octanol–water partition coefficient (Wildman–Crippen LogP) is 2.09.